The molecule has 4 nitrogen and oxygen atoms in total. The summed E-state index contributed by atoms with van der Waals surface area (Å²) in [6.45, 7) is 4.91. The van der Waals surface area contributed by atoms with E-state index < -0.39 is 10.0 Å². The maximum atomic E-state index is 12.5. The molecule has 3 atom stereocenters. The lowest BCUT2D eigenvalue weighted by Gasteiger charge is -2.34. The molecule has 0 aromatic heterocycles. The normalized spacial score (nSPS) is 26.7. The van der Waals surface area contributed by atoms with E-state index in [1.165, 1.54) is 6.42 Å². The molecule has 0 spiro atoms. The third-order valence-corrected chi connectivity index (χ3v) is 6.19. The molecule has 0 bridgehead atoms. The Hall–Kier alpha value is -0.910. The maximum Gasteiger partial charge on any atom is 0.240 e. The van der Waals surface area contributed by atoms with E-state index >= 15 is 0 Å². The van der Waals surface area contributed by atoms with Crippen molar-refractivity contribution in [2.45, 2.75) is 50.5 Å². The van der Waals surface area contributed by atoms with Crippen molar-refractivity contribution in [3.8, 4) is 0 Å². The summed E-state index contributed by atoms with van der Waals surface area (Å²) in [7, 11) is -3.43. The van der Waals surface area contributed by atoms with Crippen molar-refractivity contribution in [1.82, 2.24) is 4.72 Å². The number of hydrogen-bond acceptors (Lipinski definition) is 3. The van der Waals surface area contributed by atoms with Crippen LogP contribution in [-0.2, 0) is 16.4 Å². The fourth-order valence-electron chi connectivity index (χ4n) is 3.02. The number of benzene rings is 1. The number of nitrogens with two attached hydrogens (primary N) is 1. The molecule has 1 saturated carbocycles. The smallest absolute Gasteiger partial charge is 0.240 e. The molecule has 3 unspecified atom stereocenters. The molecule has 1 fully saturated rings. The highest BCUT2D eigenvalue weighted by Gasteiger charge is 2.30. The summed E-state index contributed by atoms with van der Waals surface area (Å²) in [4.78, 5) is 0.341. The first kappa shape index (κ1) is 16.5. The average Bonchev–Trinajstić information content (AvgIpc) is 2.45. The molecule has 3 N–H and O–H groups in total. The van der Waals surface area contributed by atoms with Crippen LogP contribution in [0.1, 0.15) is 38.7 Å². The van der Waals surface area contributed by atoms with E-state index in [1.54, 1.807) is 12.1 Å². The monoisotopic (exact) mass is 310 g/mol. The summed E-state index contributed by atoms with van der Waals surface area (Å²) in [6.07, 6.45) is 3.97. The average molecular weight is 310 g/mol. The number of hydrogen-bond donors (Lipinski definition) is 2. The number of rotatable bonds is 5. The van der Waals surface area contributed by atoms with Crippen LogP contribution >= 0.6 is 0 Å². The fraction of sp³-hybridized carbons (Fsp3) is 0.625. The Kier molecular flexibility index (Phi) is 5.41. The third kappa shape index (κ3) is 4.05. The summed E-state index contributed by atoms with van der Waals surface area (Å²) in [6, 6.07) is 7.07. The van der Waals surface area contributed by atoms with Crippen molar-refractivity contribution in [3.05, 3.63) is 29.8 Å². The highest BCUT2D eigenvalue weighted by atomic mass is 32.2. The van der Waals surface area contributed by atoms with Crippen LogP contribution in [0.4, 0.5) is 0 Å². The van der Waals surface area contributed by atoms with E-state index in [-0.39, 0.29) is 6.04 Å². The van der Waals surface area contributed by atoms with E-state index in [0.29, 0.717) is 23.3 Å². The lowest BCUT2D eigenvalue weighted by Crippen LogP contribution is -2.43. The van der Waals surface area contributed by atoms with Gasteiger partial charge in [0, 0.05) is 6.04 Å². The Labute approximate surface area is 128 Å². The van der Waals surface area contributed by atoms with E-state index in [0.717, 1.165) is 24.8 Å². The van der Waals surface area contributed by atoms with Crippen LogP contribution in [0.15, 0.2) is 29.2 Å². The third-order valence-electron chi connectivity index (χ3n) is 4.68. The SMILES string of the molecule is CC1CCCC(NS(=O)(=O)c2ccc(CCN)cc2)C1C. The van der Waals surface area contributed by atoms with Gasteiger partial charge in [0.05, 0.1) is 4.90 Å². The molecule has 0 radical (unpaired) electrons. The molecule has 1 aromatic carbocycles. The molecule has 1 aliphatic carbocycles. The van der Waals surface area contributed by atoms with E-state index in [4.69, 9.17) is 5.73 Å². The van der Waals surface area contributed by atoms with Gasteiger partial charge in [-0.15, -0.1) is 0 Å². The van der Waals surface area contributed by atoms with Gasteiger partial charge in [0.1, 0.15) is 0 Å². The molecule has 21 heavy (non-hydrogen) atoms. The van der Waals surface area contributed by atoms with Gasteiger partial charge in [-0.1, -0.05) is 38.8 Å². The van der Waals surface area contributed by atoms with Crippen LogP contribution in [0.2, 0.25) is 0 Å². The summed E-state index contributed by atoms with van der Waals surface area (Å²) in [5.41, 5.74) is 6.57. The quantitative estimate of drug-likeness (QED) is 0.876. The van der Waals surface area contributed by atoms with Crippen LogP contribution in [0.5, 0.6) is 0 Å². The summed E-state index contributed by atoms with van der Waals surface area (Å²) >= 11 is 0. The van der Waals surface area contributed by atoms with Gasteiger partial charge in [-0.2, -0.15) is 0 Å². The predicted molar refractivity (Wildman–Crippen MR) is 85.5 cm³/mol. The molecule has 1 aromatic rings. The molecule has 5 heteroatoms. The molecule has 1 aliphatic rings. The highest BCUT2D eigenvalue weighted by molar-refractivity contribution is 7.89. The predicted octanol–water partition coefficient (Wildman–Crippen LogP) is 2.29. The van der Waals surface area contributed by atoms with Crippen molar-refractivity contribution in [3.63, 3.8) is 0 Å². The van der Waals surface area contributed by atoms with Crippen molar-refractivity contribution >= 4 is 10.0 Å². The van der Waals surface area contributed by atoms with E-state index in [9.17, 15) is 8.42 Å². The van der Waals surface area contributed by atoms with Gasteiger partial charge in [0.15, 0.2) is 0 Å². The van der Waals surface area contributed by atoms with Gasteiger partial charge < -0.3 is 5.73 Å². The van der Waals surface area contributed by atoms with Gasteiger partial charge >= 0.3 is 0 Å². The minimum Gasteiger partial charge on any atom is -0.330 e. The zero-order valence-electron chi connectivity index (χ0n) is 12.9. The van der Waals surface area contributed by atoms with Crippen molar-refractivity contribution < 1.29 is 8.42 Å². The second-order valence-electron chi connectivity index (χ2n) is 6.18. The van der Waals surface area contributed by atoms with Crippen molar-refractivity contribution in [2.24, 2.45) is 17.6 Å². The zero-order valence-corrected chi connectivity index (χ0v) is 13.7. The zero-order chi connectivity index (χ0) is 15.5. The van der Waals surface area contributed by atoms with Crippen LogP contribution in [0.3, 0.4) is 0 Å². The summed E-state index contributed by atoms with van der Waals surface area (Å²) in [5.74, 6) is 0.948. The standard InChI is InChI=1S/C16H26N2O2S/c1-12-4-3-5-16(13(12)2)18-21(19,20)15-8-6-14(7-9-15)10-11-17/h6-9,12-13,16,18H,3-5,10-11,17H2,1-2H3. The minimum atomic E-state index is -3.43. The highest BCUT2D eigenvalue weighted by Crippen LogP contribution is 2.30. The lowest BCUT2D eigenvalue weighted by molar-refractivity contribution is 0.227. The van der Waals surface area contributed by atoms with Crippen molar-refractivity contribution in [1.29, 1.82) is 0 Å². The maximum absolute atomic E-state index is 12.5. The molecule has 0 aliphatic heterocycles. The second-order valence-corrected chi connectivity index (χ2v) is 7.89. The van der Waals surface area contributed by atoms with Crippen LogP contribution < -0.4 is 10.5 Å². The Morgan fingerprint density at radius 2 is 1.86 bits per heavy atom. The second kappa shape index (κ2) is 6.90. The van der Waals surface area contributed by atoms with Crippen LogP contribution in [0, 0.1) is 11.8 Å². The van der Waals surface area contributed by atoms with E-state index in [1.807, 2.05) is 12.1 Å². The van der Waals surface area contributed by atoms with Crippen LogP contribution in [-0.4, -0.2) is 21.0 Å². The van der Waals surface area contributed by atoms with Gasteiger partial charge in [-0.3, -0.25) is 0 Å². The molecular formula is C16H26N2O2S. The van der Waals surface area contributed by atoms with Crippen molar-refractivity contribution in [2.75, 3.05) is 6.54 Å². The first-order valence-electron chi connectivity index (χ1n) is 7.75. The van der Waals surface area contributed by atoms with Gasteiger partial charge in [0.25, 0.3) is 0 Å². The Bertz CT molecular complexity index is 554. The Morgan fingerprint density at radius 3 is 2.48 bits per heavy atom. The molecule has 0 saturated heterocycles. The molecular weight excluding hydrogens is 284 g/mol. The molecule has 2 rings (SSSR count). The Morgan fingerprint density at radius 1 is 1.19 bits per heavy atom. The number of sulfonamides is 1. The fourth-order valence-corrected chi connectivity index (χ4v) is 4.38. The summed E-state index contributed by atoms with van der Waals surface area (Å²) in [5, 5.41) is 0. The largest absolute Gasteiger partial charge is 0.330 e. The first-order valence-corrected chi connectivity index (χ1v) is 9.23. The Balaban J connectivity index is 2.10. The molecule has 0 amide bonds. The summed E-state index contributed by atoms with van der Waals surface area (Å²) < 4.78 is 27.9. The van der Waals surface area contributed by atoms with Gasteiger partial charge in [0.2, 0.25) is 10.0 Å². The number of nitrogens with one attached hydrogen (secondary N) is 1. The topological polar surface area (TPSA) is 72.2 Å². The minimum absolute atomic E-state index is 0.0440. The lowest BCUT2D eigenvalue weighted by atomic mass is 9.78. The van der Waals surface area contributed by atoms with E-state index in [2.05, 4.69) is 18.6 Å². The molecule has 0 heterocycles. The van der Waals surface area contributed by atoms with Gasteiger partial charge in [-0.05, 0) is 48.9 Å². The first-order chi connectivity index (χ1) is 9.94. The van der Waals surface area contributed by atoms with Gasteiger partial charge in [-0.25, -0.2) is 13.1 Å². The molecule has 118 valence electrons. The van der Waals surface area contributed by atoms with Crippen LogP contribution in [0.25, 0.3) is 0 Å².